The van der Waals surface area contributed by atoms with Crippen LogP contribution in [-0.4, -0.2) is 4.98 Å². The lowest BCUT2D eigenvalue weighted by Crippen LogP contribution is -1.85. The molecule has 1 aliphatic rings. The van der Waals surface area contributed by atoms with Crippen molar-refractivity contribution in [2.24, 2.45) is 0 Å². The third-order valence-corrected chi connectivity index (χ3v) is 4.15. The Hall–Kier alpha value is -0.570. The Bertz CT molecular complexity index is 495. The second kappa shape index (κ2) is 4.02. The van der Waals surface area contributed by atoms with E-state index in [9.17, 15) is 0 Å². The van der Waals surface area contributed by atoms with Gasteiger partial charge in [-0.05, 0) is 36.5 Å². The van der Waals surface area contributed by atoms with Crippen LogP contribution in [0.5, 0.6) is 0 Å². The molecule has 82 valence electrons. The van der Waals surface area contributed by atoms with Crippen molar-refractivity contribution in [3.8, 4) is 10.6 Å². The van der Waals surface area contributed by atoms with Crippen LogP contribution in [0, 0.1) is 0 Å². The Labute approximate surface area is 108 Å². The molecule has 4 heteroatoms. The first-order valence-electron chi connectivity index (χ1n) is 5.14. The van der Waals surface area contributed by atoms with Crippen molar-refractivity contribution >= 4 is 34.5 Å². The van der Waals surface area contributed by atoms with E-state index >= 15 is 0 Å². The van der Waals surface area contributed by atoms with Crippen LogP contribution < -0.4 is 0 Å². The molecule has 3 rings (SSSR count). The fourth-order valence-corrected chi connectivity index (χ4v) is 3.30. The van der Waals surface area contributed by atoms with E-state index in [2.05, 4.69) is 4.98 Å². The van der Waals surface area contributed by atoms with Crippen LogP contribution in [0.4, 0.5) is 0 Å². The van der Waals surface area contributed by atoms with Gasteiger partial charge in [-0.25, -0.2) is 4.98 Å². The van der Waals surface area contributed by atoms with E-state index < -0.39 is 0 Å². The highest BCUT2D eigenvalue weighted by molar-refractivity contribution is 7.13. The normalized spacial score (nSPS) is 15.4. The highest BCUT2D eigenvalue weighted by Gasteiger charge is 2.25. The molecule has 0 aliphatic heterocycles. The monoisotopic (exact) mass is 269 g/mol. The van der Waals surface area contributed by atoms with Gasteiger partial charge in [0.2, 0.25) is 0 Å². The smallest absolute Gasteiger partial charge is 0.126 e. The Morgan fingerprint density at radius 3 is 2.38 bits per heavy atom. The van der Waals surface area contributed by atoms with Crippen molar-refractivity contribution in [3.63, 3.8) is 0 Å². The molecule has 0 atom stereocenters. The maximum atomic E-state index is 6.28. The molecule has 0 spiro atoms. The number of thiazole rings is 1. The quantitative estimate of drug-likeness (QED) is 0.748. The van der Waals surface area contributed by atoms with Gasteiger partial charge in [0, 0.05) is 17.1 Å². The Balaban J connectivity index is 2.12. The number of rotatable bonds is 2. The van der Waals surface area contributed by atoms with Gasteiger partial charge in [-0.3, -0.25) is 0 Å². The van der Waals surface area contributed by atoms with E-state index in [4.69, 9.17) is 23.2 Å². The topological polar surface area (TPSA) is 12.9 Å². The minimum Gasteiger partial charge on any atom is -0.244 e. The van der Waals surface area contributed by atoms with Crippen LogP contribution in [0.3, 0.4) is 0 Å². The van der Waals surface area contributed by atoms with Crippen LogP contribution in [0.2, 0.25) is 10.0 Å². The average Bonchev–Trinajstić information content (AvgIpc) is 2.96. The summed E-state index contributed by atoms with van der Waals surface area (Å²) in [7, 11) is 0. The number of benzene rings is 1. The Morgan fingerprint density at radius 2 is 1.88 bits per heavy atom. The van der Waals surface area contributed by atoms with Gasteiger partial charge in [0.1, 0.15) is 5.01 Å². The molecular formula is C12H9Cl2NS. The summed E-state index contributed by atoms with van der Waals surface area (Å²) in [6.07, 6.45) is 4.27. The number of hydrogen-bond acceptors (Lipinski definition) is 2. The predicted octanol–water partition coefficient (Wildman–Crippen LogP) is 4.99. The highest BCUT2D eigenvalue weighted by Crippen LogP contribution is 2.45. The molecule has 16 heavy (non-hydrogen) atoms. The average molecular weight is 270 g/mol. The largest absolute Gasteiger partial charge is 0.244 e. The molecule has 0 saturated heterocycles. The lowest BCUT2D eigenvalue weighted by molar-refractivity contribution is 1.13. The van der Waals surface area contributed by atoms with Gasteiger partial charge in [-0.15, -0.1) is 11.3 Å². The van der Waals surface area contributed by atoms with Crippen molar-refractivity contribution in [3.05, 3.63) is 39.3 Å². The molecule has 0 bridgehead atoms. The molecule has 1 fully saturated rings. The number of halogens is 2. The number of nitrogens with zero attached hydrogens (tertiary/aromatic N) is 1. The first kappa shape index (κ1) is 10.6. The standard InChI is InChI=1S/C12H9Cl2NS/c13-9-5-8(7-1-2-7)6-10(14)11(9)12-15-3-4-16-12/h3-7H,1-2H2. The van der Waals surface area contributed by atoms with Crippen LogP contribution >= 0.6 is 34.5 Å². The first-order chi connectivity index (χ1) is 7.75. The second-order valence-corrected chi connectivity index (χ2v) is 5.68. The number of aromatic nitrogens is 1. The first-order valence-corrected chi connectivity index (χ1v) is 6.78. The van der Waals surface area contributed by atoms with E-state index in [1.807, 2.05) is 17.5 Å². The summed E-state index contributed by atoms with van der Waals surface area (Å²) in [5.74, 6) is 0.667. The predicted molar refractivity (Wildman–Crippen MR) is 69.5 cm³/mol. The van der Waals surface area contributed by atoms with E-state index in [0.717, 1.165) is 10.6 Å². The van der Waals surface area contributed by atoms with Crippen LogP contribution in [0.25, 0.3) is 10.6 Å². The van der Waals surface area contributed by atoms with Crippen molar-refractivity contribution in [2.45, 2.75) is 18.8 Å². The zero-order valence-corrected chi connectivity index (χ0v) is 10.7. The van der Waals surface area contributed by atoms with Crippen molar-refractivity contribution in [1.82, 2.24) is 4.98 Å². The zero-order valence-electron chi connectivity index (χ0n) is 8.41. The Kier molecular flexibility index (Phi) is 2.66. The molecule has 0 N–H and O–H groups in total. The maximum Gasteiger partial charge on any atom is 0.126 e. The SMILES string of the molecule is Clc1cc(C2CC2)cc(Cl)c1-c1nccs1. The zero-order chi connectivity index (χ0) is 11.1. The van der Waals surface area contributed by atoms with Gasteiger partial charge in [-0.1, -0.05) is 23.2 Å². The molecule has 0 amide bonds. The highest BCUT2D eigenvalue weighted by atomic mass is 35.5. The van der Waals surface area contributed by atoms with Gasteiger partial charge in [-0.2, -0.15) is 0 Å². The van der Waals surface area contributed by atoms with Gasteiger partial charge >= 0.3 is 0 Å². The fourth-order valence-electron chi connectivity index (χ4n) is 1.80. The van der Waals surface area contributed by atoms with E-state index in [1.165, 1.54) is 18.4 Å². The second-order valence-electron chi connectivity index (χ2n) is 3.97. The summed E-state index contributed by atoms with van der Waals surface area (Å²) < 4.78 is 0. The Morgan fingerprint density at radius 1 is 1.19 bits per heavy atom. The van der Waals surface area contributed by atoms with Crippen molar-refractivity contribution in [2.75, 3.05) is 0 Å². The van der Waals surface area contributed by atoms with Crippen LogP contribution in [-0.2, 0) is 0 Å². The third kappa shape index (κ3) is 1.86. The van der Waals surface area contributed by atoms with Gasteiger partial charge in [0.25, 0.3) is 0 Å². The maximum absolute atomic E-state index is 6.28. The summed E-state index contributed by atoms with van der Waals surface area (Å²) >= 11 is 14.1. The lowest BCUT2D eigenvalue weighted by Gasteiger charge is -2.07. The molecule has 1 aromatic heterocycles. The molecule has 0 radical (unpaired) electrons. The van der Waals surface area contributed by atoms with E-state index in [-0.39, 0.29) is 0 Å². The summed E-state index contributed by atoms with van der Waals surface area (Å²) in [6.45, 7) is 0. The van der Waals surface area contributed by atoms with Crippen LogP contribution in [0.15, 0.2) is 23.7 Å². The van der Waals surface area contributed by atoms with E-state index in [0.29, 0.717) is 16.0 Å². The fraction of sp³-hybridized carbons (Fsp3) is 0.250. The minimum absolute atomic E-state index is 0.667. The molecule has 1 saturated carbocycles. The molecule has 1 nitrogen and oxygen atoms in total. The van der Waals surface area contributed by atoms with Crippen LogP contribution in [0.1, 0.15) is 24.3 Å². The summed E-state index contributed by atoms with van der Waals surface area (Å²) in [5.41, 5.74) is 2.12. The number of hydrogen-bond donors (Lipinski definition) is 0. The molecule has 1 aliphatic carbocycles. The molecule has 2 aromatic rings. The van der Waals surface area contributed by atoms with Gasteiger partial charge < -0.3 is 0 Å². The summed E-state index contributed by atoms with van der Waals surface area (Å²) in [6, 6.07) is 4.06. The lowest BCUT2D eigenvalue weighted by atomic mass is 10.1. The van der Waals surface area contributed by atoms with Gasteiger partial charge in [0.15, 0.2) is 0 Å². The minimum atomic E-state index is 0.667. The van der Waals surface area contributed by atoms with Crippen molar-refractivity contribution < 1.29 is 0 Å². The summed E-state index contributed by atoms with van der Waals surface area (Å²) in [5, 5.41) is 4.24. The molecule has 1 aromatic carbocycles. The molecule has 0 unspecified atom stereocenters. The van der Waals surface area contributed by atoms with E-state index in [1.54, 1.807) is 17.5 Å². The molecular weight excluding hydrogens is 261 g/mol. The van der Waals surface area contributed by atoms with Crippen molar-refractivity contribution in [1.29, 1.82) is 0 Å². The van der Waals surface area contributed by atoms with Gasteiger partial charge in [0.05, 0.1) is 10.0 Å². The third-order valence-electron chi connectivity index (χ3n) is 2.76. The molecule has 1 heterocycles. The summed E-state index contributed by atoms with van der Waals surface area (Å²) in [4.78, 5) is 4.25.